The van der Waals surface area contributed by atoms with Crippen molar-refractivity contribution in [3.8, 4) is 11.5 Å². The van der Waals surface area contributed by atoms with Gasteiger partial charge in [-0.05, 0) is 54.9 Å². The third-order valence-electron chi connectivity index (χ3n) is 4.00. The number of carbonyl (C=O) groups is 2. The van der Waals surface area contributed by atoms with Crippen LogP contribution < -0.4 is 20.6 Å². The second kappa shape index (κ2) is 8.21. The van der Waals surface area contributed by atoms with Crippen molar-refractivity contribution >= 4 is 30.2 Å². The highest BCUT2D eigenvalue weighted by Crippen LogP contribution is 2.30. The van der Waals surface area contributed by atoms with Crippen molar-refractivity contribution in [2.45, 2.75) is 19.3 Å². The fourth-order valence-electron chi connectivity index (χ4n) is 2.74. The molecule has 0 fully saturated rings. The quantitative estimate of drug-likeness (QED) is 0.464. The molecule has 1 aliphatic heterocycles. The summed E-state index contributed by atoms with van der Waals surface area (Å²) in [4.78, 5) is 23.5. The molecule has 5 N–H and O–H groups in total. The zero-order valence-corrected chi connectivity index (χ0v) is 14.7. The van der Waals surface area contributed by atoms with Crippen LogP contribution in [0.15, 0.2) is 42.5 Å². The Balaban J connectivity index is 1.61. The van der Waals surface area contributed by atoms with Crippen LogP contribution in [0.2, 0.25) is 6.82 Å². The summed E-state index contributed by atoms with van der Waals surface area (Å²) in [5.41, 5.74) is 2.22. The van der Waals surface area contributed by atoms with Crippen molar-refractivity contribution in [2.75, 3.05) is 17.2 Å². The molecule has 0 spiro atoms. The molecule has 0 saturated heterocycles. The molecule has 0 bridgehead atoms. The predicted octanol–water partition coefficient (Wildman–Crippen LogP) is 0.973. The van der Waals surface area contributed by atoms with Crippen LogP contribution >= 0.6 is 0 Å². The van der Waals surface area contributed by atoms with E-state index in [2.05, 4.69) is 15.9 Å². The Kier molecular flexibility index (Phi) is 5.75. The molecule has 1 heterocycles. The van der Waals surface area contributed by atoms with Crippen molar-refractivity contribution in [3.05, 3.63) is 48.0 Å². The first-order valence-corrected chi connectivity index (χ1v) is 8.51. The monoisotopic (exact) mass is 369 g/mol. The van der Waals surface area contributed by atoms with E-state index < -0.39 is 25.6 Å². The minimum Gasteiger partial charge on any atom is -0.457 e. The lowest BCUT2D eigenvalue weighted by molar-refractivity contribution is -0.118. The number of aliphatic hydroxyl groups is 1. The van der Waals surface area contributed by atoms with Gasteiger partial charge in [0, 0.05) is 11.4 Å². The molecule has 0 aromatic heterocycles. The van der Waals surface area contributed by atoms with Crippen LogP contribution in [0.5, 0.6) is 11.5 Å². The van der Waals surface area contributed by atoms with Gasteiger partial charge in [0.25, 0.3) is 0 Å². The van der Waals surface area contributed by atoms with E-state index in [0.717, 1.165) is 11.3 Å². The first-order chi connectivity index (χ1) is 12.9. The first kappa shape index (κ1) is 18.9. The number of aliphatic hydroxyl groups excluding tert-OH is 1. The predicted molar refractivity (Wildman–Crippen MR) is 102 cm³/mol. The zero-order chi connectivity index (χ0) is 19.4. The van der Waals surface area contributed by atoms with Gasteiger partial charge in [-0.25, -0.2) is 0 Å². The third-order valence-corrected chi connectivity index (χ3v) is 4.00. The van der Waals surface area contributed by atoms with E-state index in [4.69, 9.17) is 4.74 Å². The summed E-state index contributed by atoms with van der Waals surface area (Å²) < 4.78 is 5.78. The summed E-state index contributed by atoms with van der Waals surface area (Å²) in [5, 5.41) is 26.5. The topological polar surface area (TPSA) is 120 Å². The van der Waals surface area contributed by atoms with Gasteiger partial charge >= 0.3 is 7.05 Å². The maximum Gasteiger partial charge on any atom is 0.374 e. The molecule has 140 valence electrons. The zero-order valence-electron chi connectivity index (χ0n) is 14.7. The second-order valence-corrected chi connectivity index (χ2v) is 6.24. The molecule has 2 aromatic rings. The Labute approximate surface area is 156 Å². The Bertz CT molecular complexity index is 841. The summed E-state index contributed by atoms with van der Waals surface area (Å²) in [6.07, 6.45) is 0.337. The fraction of sp³-hybridized carbons (Fsp3) is 0.222. The summed E-state index contributed by atoms with van der Waals surface area (Å²) in [6.45, 7) is 1.03. The van der Waals surface area contributed by atoms with E-state index in [1.807, 2.05) is 6.07 Å². The lowest BCUT2D eigenvalue weighted by atomic mass is 9.87. The number of hydrogen-bond acceptors (Lipinski definition) is 6. The molecule has 0 aliphatic carbocycles. The lowest BCUT2D eigenvalue weighted by Gasteiger charge is -2.16. The molecule has 1 aliphatic rings. The summed E-state index contributed by atoms with van der Waals surface area (Å²) >= 11 is 0. The highest BCUT2D eigenvalue weighted by molar-refractivity contribution is 6.46. The van der Waals surface area contributed by atoms with Crippen LogP contribution in [0.3, 0.4) is 0 Å². The van der Waals surface area contributed by atoms with Crippen LogP contribution in [-0.4, -0.2) is 41.6 Å². The van der Waals surface area contributed by atoms with Crippen LogP contribution in [0.4, 0.5) is 11.4 Å². The fourth-order valence-corrected chi connectivity index (χ4v) is 2.74. The number of nitrogens with one attached hydrogen (secondary N) is 3. The first-order valence-electron chi connectivity index (χ1n) is 8.51. The minimum atomic E-state index is -0.915. The van der Waals surface area contributed by atoms with E-state index in [-0.39, 0.29) is 5.91 Å². The second-order valence-electron chi connectivity index (χ2n) is 6.24. The van der Waals surface area contributed by atoms with E-state index >= 15 is 0 Å². The van der Waals surface area contributed by atoms with Crippen LogP contribution in [-0.2, 0) is 16.0 Å². The molecule has 0 unspecified atom stereocenters. The van der Waals surface area contributed by atoms with Gasteiger partial charge in [0.2, 0.25) is 11.8 Å². The van der Waals surface area contributed by atoms with Crippen LogP contribution in [0, 0.1) is 0 Å². The third kappa shape index (κ3) is 4.85. The summed E-state index contributed by atoms with van der Waals surface area (Å²) in [6, 6.07) is 11.2. The van der Waals surface area contributed by atoms with Gasteiger partial charge in [-0.2, -0.15) is 0 Å². The van der Waals surface area contributed by atoms with E-state index in [1.165, 1.54) is 6.82 Å². The molecule has 27 heavy (non-hydrogen) atoms. The Morgan fingerprint density at radius 3 is 2.63 bits per heavy atom. The maximum atomic E-state index is 12.1. The largest absolute Gasteiger partial charge is 0.457 e. The SMILES string of the molecule is CB(O)N[C@@H](CO)C(=O)Nc1ccc(Oc2ccc3c(c2)CC(=O)N3)cc1. The number of rotatable bonds is 7. The lowest BCUT2D eigenvalue weighted by Crippen LogP contribution is -2.49. The molecule has 2 aromatic carbocycles. The van der Waals surface area contributed by atoms with Gasteiger partial charge in [-0.3, -0.25) is 9.59 Å². The van der Waals surface area contributed by atoms with Gasteiger partial charge in [0.1, 0.15) is 17.5 Å². The normalized spacial score (nSPS) is 13.5. The van der Waals surface area contributed by atoms with Crippen molar-refractivity contribution in [1.29, 1.82) is 0 Å². The number of hydrogen-bond donors (Lipinski definition) is 5. The van der Waals surface area contributed by atoms with Crippen molar-refractivity contribution < 1.29 is 24.5 Å². The van der Waals surface area contributed by atoms with Gasteiger partial charge in [-0.15, -0.1) is 0 Å². The summed E-state index contributed by atoms with van der Waals surface area (Å²) in [5.74, 6) is 0.700. The Hall–Kier alpha value is -2.88. The average Bonchev–Trinajstić information content (AvgIpc) is 3.00. The molecular weight excluding hydrogens is 349 g/mol. The van der Waals surface area contributed by atoms with Gasteiger partial charge < -0.3 is 30.7 Å². The van der Waals surface area contributed by atoms with Crippen molar-refractivity contribution in [1.82, 2.24) is 5.23 Å². The Morgan fingerprint density at radius 2 is 1.96 bits per heavy atom. The number of anilines is 2. The van der Waals surface area contributed by atoms with E-state index in [0.29, 0.717) is 23.6 Å². The molecule has 8 nitrogen and oxygen atoms in total. The Morgan fingerprint density at radius 1 is 1.26 bits per heavy atom. The minimum absolute atomic E-state index is 0.0338. The highest BCUT2D eigenvalue weighted by Gasteiger charge is 2.20. The molecule has 0 saturated carbocycles. The molecule has 1 atom stereocenters. The molecule has 9 heteroatoms. The smallest absolute Gasteiger partial charge is 0.374 e. The maximum absolute atomic E-state index is 12.1. The molecule has 3 rings (SSSR count). The van der Waals surface area contributed by atoms with Crippen LogP contribution in [0.25, 0.3) is 0 Å². The van der Waals surface area contributed by atoms with E-state index in [1.54, 1.807) is 36.4 Å². The summed E-state index contributed by atoms with van der Waals surface area (Å²) in [7, 11) is -0.915. The molecule has 0 radical (unpaired) electrons. The number of amides is 2. The number of benzene rings is 2. The standard InChI is InChI=1S/C18H20BN3O5/c1-19(26)22-16(10-23)18(25)20-12-2-4-13(5-3-12)27-14-6-7-15-11(8-14)9-17(24)21-15/h2-8,16,22-23,26H,9-10H2,1H3,(H,20,25)(H,21,24)/t16-/m0/s1. The highest BCUT2D eigenvalue weighted by atomic mass is 16.5. The van der Waals surface area contributed by atoms with Crippen LogP contribution in [0.1, 0.15) is 5.56 Å². The number of fused-ring (bicyclic) bond motifs is 1. The number of ether oxygens (including phenoxy) is 1. The number of carbonyl (C=O) groups excluding carboxylic acids is 2. The molecular formula is C18H20BN3O5. The van der Waals surface area contributed by atoms with Gasteiger partial charge in [0.05, 0.1) is 13.0 Å². The van der Waals surface area contributed by atoms with Crippen molar-refractivity contribution in [3.63, 3.8) is 0 Å². The van der Waals surface area contributed by atoms with Crippen molar-refractivity contribution in [2.24, 2.45) is 0 Å². The van der Waals surface area contributed by atoms with Gasteiger partial charge in [0.15, 0.2) is 0 Å². The van der Waals surface area contributed by atoms with Gasteiger partial charge in [-0.1, -0.05) is 0 Å². The average molecular weight is 369 g/mol. The molecule has 2 amide bonds. The van der Waals surface area contributed by atoms with E-state index in [9.17, 15) is 19.7 Å².